The smallest absolute Gasteiger partial charge is 0.329 e. The van der Waals surface area contributed by atoms with Crippen LogP contribution in [0, 0.1) is 0 Å². The Morgan fingerprint density at radius 2 is 1.90 bits per heavy atom. The van der Waals surface area contributed by atoms with Crippen molar-refractivity contribution >= 4 is 40.7 Å². The van der Waals surface area contributed by atoms with Crippen LogP contribution in [0.3, 0.4) is 0 Å². The molecule has 0 fully saturated rings. The van der Waals surface area contributed by atoms with Crippen LogP contribution in [-0.4, -0.2) is 36.0 Å². The van der Waals surface area contributed by atoms with E-state index < -0.39 is 11.9 Å². The van der Waals surface area contributed by atoms with Crippen LogP contribution in [0.25, 0.3) is 5.57 Å². The molecule has 0 atom stereocenters. The number of hydrogen-bond donors (Lipinski definition) is 1. The summed E-state index contributed by atoms with van der Waals surface area (Å²) < 4.78 is 0. The highest BCUT2D eigenvalue weighted by molar-refractivity contribution is 6.39. The second kappa shape index (κ2) is 6.77. The Hall–Kier alpha value is -1.52. The van der Waals surface area contributed by atoms with Gasteiger partial charge in [0.1, 0.15) is 0 Å². The number of benzene rings is 1. The number of carbonyl (C=O) groups is 2. The Morgan fingerprint density at radius 3 is 2.35 bits per heavy atom. The molecular formula is C14H15Cl2NO3. The molecule has 0 spiro atoms. The molecule has 1 amide bonds. The quantitative estimate of drug-likeness (QED) is 0.868. The molecule has 0 aromatic heterocycles. The van der Waals surface area contributed by atoms with Crippen molar-refractivity contribution in [2.75, 3.05) is 14.1 Å². The number of carboxylic acids is 1. The van der Waals surface area contributed by atoms with Crippen LogP contribution in [0.4, 0.5) is 0 Å². The zero-order valence-electron chi connectivity index (χ0n) is 11.4. The van der Waals surface area contributed by atoms with E-state index >= 15 is 0 Å². The highest BCUT2D eigenvalue weighted by atomic mass is 35.5. The number of amides is 1. The minimum absolute atomic E-state index is 0.0267. The van der Waals surface area contributed by atoms with Gasteiger partial charge in [-0.15, -0.1) is 0 Å². The van der Waals surface area contributed by atoms with E-state index in [0.29, 0.717) is 27.6 Å². The first-order chi connectivity index (χ1) is 9.29. The standard InChI is InChI=1S/C14H15Cl2NO3/c1-4-8-11(15)6-5-9(13(8)16)10(7-12(18)19)14(20)17(2)3/h5-7H,4H2,1-3H3,(H,18,19). The lowest BCUT2D eigenvalue weighted by Crippen LogP contribution is -2.23. The number of halogens is 2. The van der Waals surface area contributed by atoms with Gasteiger partial charge < -0.3 is 10.0 Å². The monoisotopic (exact) mass is 315 g/mol. The number of likely N-dealkylation sites (N-methyl/N-ethyl adjacent to an activating group) is 1. The van der Waals surface area contributed by atoms with E-state index in [4.69, 9.17) is 28.3 Å². The first-order valence-electron chi connectivity index (χ1n) is 5.93. The summed E-state index contributed by atoms with van der Waals surface area (Å²) in [6, 6.07) is 3.17. The molecule has 6 heteroatoms. The summed E-state index contributed by atoms with van der Waals surface area (Å²) in [5.41, 5.74) is 1.08. The lowest BCUT2D eigenvalue weighted by atomic mass is 10.0. The van der Waals surface area contributed by atoms with Gasteiger partial charge in [0.2, 0.25) is 0 Å². The molecule has 0 radical (unpaired) electrons. The average molecular weight is 316 g/mol. The van der Waals surface area contributed by atoms with E-state index in [1.807, 2.05) is 6.92 Å². The van der Waals surface area contributed by atoms with Crippen LogP contribution in [0.2, 0.25) is 10.0 Å². The number of rotatable bonds is 4. The molecule has 0 saturated heterocycles. The number of nitrogens with zero attached hydrogens (tertiary/aromatic N) is 1. The number of aliphatic carboxylic acids is 1. The SMILES string of the molecule is CCc1c(Cl)ccc(C(=CC(=O)O)C(=O)N(C)C)c1Cl. The van der Waals surface area contributed by atoms with Gasteiger partial charge >= 0.3 is 5.97 Å². The van der Waals surface area contributed by atoms with Gasteiger partial charge in [0, 0.05) is 30.8 Å². The average Bonchev–Trinajstić information content (AvgIpc) is 2.36. The van der Waals surface area contributed by atoms with Gasteiger partial charge in [0.05, 0.1) is 10.6 Å². The van der Waals surface area contributed by atoms with E-state index in [-0.39, 0.29) is 5.57 Å². The lowest BCUT2D eigenvalue weighted by Gasteiger charge is -2.16. The van der Waals surface area contributed by atoms with Crippen LogP contribution in [0.15, 0.2) is 18.2 Å². The third kappa shape index (κ3) is 3.52. The molecule has 0 unspecified atom stereocenters. The summed E-state index contributed by atoms with van der Waals surface area (Å²) in [6.07, 6.45) is 1.44. The normalized spacial score (nSPS) is 11.3. The van der Waals surface area contributed by atoms with Gasteiger partial charge in [-0.05, 0) is 18.1 Å². The summed E-state index contributed by atoms with van der Waals surface area (Å²) in [7, 11) is 3.09. The van der Waals surface area contributed by atoms with Crippen molar-refractivity contribution in [3.05, 3.63) is 39.4 Å². The van der Waals surface area contributed by atoms with E-state index in [1.54, 1.807) is 26.2 Å². The molecule has 0 bridgehead atoms. The largest absolute Gasteiger partial charge is 0.478 e. The number of hydrogen-bond acceptors (Lipinski definition) is 2. The summed E-state index contributed by atoms with van der Waals surface area (Å²) in [5, 5.41) is 9.73. The van der Waals surface area contributed by atoms with Gasteiger partial charge in [-0.3, -0.25) is 4.79 Å². The zero-order chi connectivity index (χ0) is 15.4. The van der Waals surface area contributed by atoms with Crippen LogP contribution in [-0.2, 0) is 16.0 Å². The Morgan fingerprint density at radius 1 is 1.30 bits per heavy atom. The molecule has 20 heavy (non-hydrogen) atoms. The molecule has 1 aromatic carbocycles. The molecule has 0 aliphatic rings. The highest BCUT2D eigenvalue weighted by Crippen LogP contribution is 2.33. The molecule has 4 nitrogen and oxygen atoms in total. The fourth-order valence-corrected chi connectivity index (χ4v) is 2.49. The predicted molar refractivity (Wildman–Crippen MR) is 80.1 cm³/mol. The van der Waals surface area contributed by atoms with Crippen LogP contribution in [0.1, 0.15) is 18.1 Å². The van der Waals surface area contributed by atoms with Gasteiger partial charge in [-0.2, -0.15) is 0 Å². The molecule has 0 aliphatic carbocycles. The minimum atomic E-state index is -1.21. The Balaban J connectivity index is 3.51. The van der Waals surface area contributed by atoms with Crippen molar-refractivity contribution in [2.45, 2.75) is 13.3 Å². The molecule has 1 rings (SSSR count). The van der Waals surface area contributed by atoms with Crippen LogP contribution >= 0.6 is 23.2 Å². The maximum atomic E-state index is 12.1. The summed E-state index contributed by atoms with van der Waals surface area (Å²) in [6.45, 7) is 1.88. The molecule has 0 aliphatic heterocycles. The van der Waals surface area contributed by atoms with Crippen molar-refractivity contribution in [3.63, 3.8) is 0 Å². The second-order valence-electron chi connectivity index (χ2n) is 4.34. The lowest BCUT2D eigenvalue weighted by molar-refractivity contribution is -0.131. The van der Waals surface area contributed by atoms with Gasteiger partial charge in [0.15, 0.2) is 0 Å². The number of carbonyl (C=O) groups excluding carboxylic acids is 1. The molecule has 0 saturated carbocycles. The van der Waals surface area contributed by atoms with Crippen molar-refractivity contribution in [3.8, 4) is 0 Å². The van der Waals surface area contributed by atoms with E-state index in [2.05, 4.69) is 0 Å². The van der Waals surface area contributed by atoms with E-state index in [0.717, 1.165) is 6.08 Å². The van der Waals surface area contributed by atoms with Crippen molar-refractivity contribution < 1.29 is 14.7 Å². The molecular weight excluding hydrogens is 301 g/mol. The molecule has 108 valence electrons. The summed E-state index contributed by atoms with van der Waals surface area (Å²) in [4.78, 5) is 24.3. The van der Waals surface area contributed by atoms with Crippen LogP contribution < -0.4 is 0 Å². The third-order valence-corrected chi connectivity index (χ3v) is 3.52. The maximum absolute atomic E-state index is 12.1. The fourth-order valence-electron chi connectivity index (χ4n) is 1.75. The molecule has 1 aromatic rings. The van der Waals surface area contributed by atoms with Crippen molar-refractivity contribution in [1.82, 2.24) is 4.90 Å². The van der Waals surface area contributed by atoms with E-state index in [1.165, 1.54) is 4.90 Å². The summed E-state index contributed by atoms with van der Waals surface area (Å²) >= 11 is 12.3. The second-order valence-corrected chi connectivity index (χ2v) is 5.12. The molecule has 1 N–H and O–H groups in total. The fraction of sp³-hybridized carbons (Fsp3) is 0.286. The predicted octanol–water partition coefficient (Wildman–Crippen LogP) is 3.11. The third-order valence-electron chi connectivity index (χ3n) is 2.73. The molecule has 0 heterocycles. The van der Waals surface area contributed by atoms with Crippen LogP contribution in [0.5, 0.6) is 0 Å². The minimum Gasteiger partial charge on any atom is -0.478 e. The van der Waals surface area contributed by atoms with Crippen molar-refractivity contribution in [1.29, 1.82) is 0 Å². The Bertz CT molecular complexity index is 580. The Labute approximate surface area is 127 Å². The van der Waals surface area contributed by atoms with Gasteiger partial charge in [-0.25, -0.2) is 4.79 Å². The highest BCUT2D eigenvalue weighted by Gasteiger charge is 2.20. The first-order valence-corrected chi connectivity index (χ1v) is 6.68. The van der Waals surface area contributed by atoms with Gasteiger partial charge in [-0.1, -0.05) is 36.2 Å². The first kappa shape index (κ1) is 16.5. The van der Waals surface area contributed by atoms with Gasteiger partial charge in [0.25, 0.3) is 5.91 Å². The van der Waals surface area contributed by atoms with Crippen molar-refractivity contribution in [2.24, 2.45) is 0 Å². The summed E-state index contributed by atoms with van der Waals surface area (Å²) in [5.74, 6) is -1.64. The number of carboxylic acid groups (broad SMARTS) is 1. The zero-order valence-corrected chi connectivity index (χ0v) is 12.9. The topological polar surface area (TPSA) is 57.6 Å². The van der Waals surface area contributed by atoms with E-state index in [9.17, 15) is 9.59 Å². The maximum Gasteiger partial charge on any atom is 0.329 e. The Kier molecular flexibility index (Phi) is 5.60.